The Hall–Kier alpha value is -2.05. The maximum atomic E-state index is 12.4. The number of benzene rings is 1. The van der Waals surface area contributed by atoms with E-state index in [4.69, 9.17) is 0 Å². The molecule has 3 aromatic rings. The average molecular weight is 374 g/mol. The van der Waals surface area contributed by atoms with Crippen LogP contribution in [-0.4, -0.2) is 15.9 Å². The molecule has 0 atom stereocenters. The van der Waals surface area contributed by atoms with E-state index in [-0.39, 0.29) is 5.91 Å². The van der Waals surface area contributed by atoms with Crippen LogP contribution in [0.5, 0.6) is 0 Å². The molecule has 0 spiro atoms. The summed E-state index contributed by atoms with van der Waals surface area (Å²) in [6.07, 6.45) is 1.64. The summed E-state index contributed by atoms with van der Waals surface area (Å²) in [6.45, 7) is 1.84. The van der Waals surface area contributed by atoms with Gasteiger partial charge >= 0.3 is 0 Å². The Balaban J connectivity index is 1.84. The second kappa shape index (κ2) is 6.37. The zero-order valence-electron chi connectivity index (χ0n) is 11.7. The highest BCUT2D eigenvalue weighted by molar-refractivity contribution is 9.10. The van der Waals surface area contributed by atoms with Crippen molar-refractivity contribution in [1.29, 1.82) is 0 Å². The maximum Gasteiger partial charge on any atom is 0.268 e. The molecule has 1 aromatic carbocycles. The van der Waals surface area contributed by atoms with Crippen molar-refractivity contribution in [2.45, 2.75) is 6.92 Å². The fourth-order valence-electron chi connectivity index (χ4n) is 1.93. The van der Waals surface area contributed by atoms with Gasteiger partial charge in [0.05, 0.1) is 5.69 Å². The Labute approximate surface area is 140 Å². The lowest BCUT2D eigenvalue weighted by molar-refractivity contribution is 0.102. The Morgan fingerprint density at radius 2 is 1.95 bits per heavy atom. The molecule has 0 bridgehead atoms. The first-order chi connectivity index (χ1) is 10.6. The molecule has 0 aliphatic carbocycles. The molecule has 0 aliphatic rings. The van der Waals surface area contributed by atoms with E-state index in [0.717, 1.165) is 20.7 Å². The number of carbonyl (C=O) groups excluding carboxylic acids is 1. The third-order valence-electron chi connectivity index (χ3n) is 2.99. The first kappa shape index (κ1) is 14.9. The second-order valence-corrected chi connectivity index (χ2v) is 6.53. The van der Waals surface area contributed by atoms with E-state index in [1.165, 1.54) is 11.3 Å². The van der Waals surface area contributed by atoms with E-state index >= 15 is 0 Å². The third-order valence-corrected chi connectivity index (χ3v) is 4.67. The molecule has 1 N–H and O–H groups in total. The Morgan fingerprint density at radius 1 is 1.18 bits per heavy atom. The summed E-state index contributed by atoms with van der Waals surface area (Å²) in [5.74, 6) is 0.328. The first-order valence-corrected chi connectivity index (χ1v) is 8.20. The van der Waals surface area contributed by atoms with Crippen LogP contribution in [0.4, 0.5) is 5.82 Å². The van der Waals surface area contributed by atoms with Gasteiger partial charge in [-0.15, -0.1) is 11.3 Å². The van der Waals surface area contributed by atoms with Crippen molar-refractivity contribution in [2.75, 3.05) is 5.32 Å². The van der Waals surface area contributed by atoms with E-state index in [1.54, 1.807) is 12.3 Å². The van der Waals surface area contributed by atoms with Gasteiger partial charge in [0, 0.05) is 16.2 Å². The van der Waals surface area contributed by atoms with Crippen molar-refractivity contribution in [3.05, 3.63) is 63.7 Å². The molecule has 0 saturated heterocycles. The second-order valence-electron chi connectivity index (χ2n) is 4.62. The van der Waals surface area contributed by atoms with Gasteiger partial charge in [-0.3, -0.25) is 4.79 Å². The van der Waals surface area contributed by atoms with Crippen molar-refractivity contribution in [3.8, 4) is 10.6 Å². The molecule has 4 nitrogen and oxygen atoms in total. The minimum atomic E-state index is -0.188. The molecular formula is C16H12BrN3OS. The lowest BCUT2D eigenvalue weighted by Gasteiger charge is -2.02. The molecule has 0 fully saturated rings. The minimum Gasteiger partial charge on any atom is -0.306 e. The number of anilines is 1. The summed E-state index contributed by atoms with van der Waals surface area (Å²) in [5.41, 5.74) is 1.73. The number of nitrogens with zero attached hydrogens (tertiary/aromatic N) is 2. The quantitative estimate of drug-likeness (QED) is 0.733. The normalized spacial score (nSPS) is 10.5. The average Bonchev–Trinajstić information content (AvgIpc) is 2.92. The predicted molar refractivity (Wildman–Crippen MR) is 92.2 cm³/mol. The van der Waals surface area contributed by atoms with Gasteiger partial charge in [-0.05, 0) is 35.0 Å². The molecule has 2 heterocycles. The van der Waals surface area contributed by atoms with Gasteiger partial charge in [0.15, 0.2) is 0 Å². The van der Waals surface area contributed by atoms with Crippen LogP contribution in [0.2, 0.25) is 0 Å². The van der Waals surface area contributed by atoms with Crippen molar-refractivity contribution in [1.82, 2.24) is 9.97 Å². The third kappa shape index (κ3) is 3.23. The van der Waals surface area contributed by atoms with Crippen molar-refractivity contribution < 1.29 is 4.79 Å². The summed E-state index contributed by atoms with van der Waals surface area (Å²) >= 11 is 4.70. The van der Waals surface area contributed by atoms with E-state index in [2.05, 4.69) is 31.2 Å². The summed E-state index contributed by atoms with van der Waals surface area (Å²) in [5, 5.41) is 3.63. The van der Waals surface area contributed by atoms with Crippen LogP contribution in [0.3, 0.4) is 0 Å². The standard InChI is InChI=1S/C16H12BrN3OS/c1-10-14(15(21)20-13-8-7-12(17)9-18-13)22-16(19-10)11-5-3-2-4-6-11/h2-9H,1H3,(H,18,20,21). The maximum absolute atomic E-state index is 12.4. The van der Waals surface area contributed by atoms with Gasteiger partial charge in [0.2, 0.25) is 0 Å². The fraction of sp³-hybridized carbons (Fsp3) is 0.0625. The highest BCUT2D eigenvalue weighted by atomic mass is 79.9. The zero-order valence-corrected chi connectivity index (χ0v) is 14.1. The fourth-order valence-corrected chi connectivity index (χ4v) is 3.14. The molecule has 1 amide bonds. The van der Waals surface area contributed by atoms with Gasteiger partial charge < -0.3 is 5.32 Å². The summed E-state index contributed by atoms with van der Waals surface area (Å²) in [4.78, 5) is 21.6. The number of thiazole rings is 1. The van der Waals surface area contributed by atoms with Crippen LogP contribution in [0.1, 0.15) is 15.4 Å². The Morgan fingerprint density at radius 3 is 2.64 bits per heavy atom. The number of pyridine rings is 1. The van der Waals surface area contributed by atoms with E-state index in [1.807, 2.05) is 43.3 Å². The predicted octanol–water partition coefficient (Wildman–Crippen LogP) is 4.53. The molecule has 2 aromatic heterocycles. The SMILES string of the molecule is Cc1nc(-c2ccccc2)sc1C(=O)Nc1ccc(Br)cn1. The number of amides is 1. The smallest absolute Gasteiger partial charge is 0.268 e. The van der Waals surface area contributed by atoms with Crippen LogP contribution in [0.25, 0.3) is 10.6 Å². The highest BCUT2D eigenvalue weighted by Crippen LogP contribution is 2.28. The summed E-state index contributed by atoms with van der Waals surface area (Å²) in [6, 6.07) is 13.4. The van der Waals surface area contributed by atoms with Gasteiger partial charge in [-0.1, -0.05) is 30.3 Å². The topological polar surface area (TPSA) is 54.9 Å². The van der Waals surface area contributed by atoms with Crippen LogP contribution >= 0.6 is 27.3 Å². The van der Waals surface area contributed by atoms with Gasteiger partial charge in [0.25, 0.3) is 5.91 Å². The molecule has 3 rings (SSSR count). The molecule has 6 heteroatoms. The molecule has 22 heavy (non-hydrogen) atoms. The lowest BCUT2D eigenvalue weighted by atomic mass is 10.2. The number of carbonyl (C=O) groups is 1. The van der Waals surface area contributed by atoms with Crippen LogP contribution in [-0.2, 0) is 0 Å². The number of rotatable bonds is 3. The van der Waals surface area contributed by atoms with Gasteiger partial charge in [-0.2, -0.15) is 0 Å². The molecule has 0 unspecified atom stereocenters. The Bertz CT molecular complexity index is 800. The largest absolute Gasteiger partial charge is 0.306 e. The number of hydrogen-bond acceptors (Lipinski definition) is 4. The van der Waals surface area contributed by atoms with Crippen LogP contribution in [0, 0.1) is 6.92 Å². The summed E-state index contributed by atoms with van der Waals surface area (Å²) in [7, 11) is 0. The van der Waals surface area contributed by atoms with E-state index < -0.39 is 0 Å². The minimum absolute atomic E-state index is 0.188. The highest BCUT2D eigenvalue weighted by Gasteiger charge is 2.16. The van der Waals surface area contributed by atoms with Crippen molar-refractivity contribution >= 4 is 39.0 Å². The number of hydrogen-bond donors (Lipinski definition) is 1. The number of halogens is 1. The van der Waals surface area contributed by atoms with Gasteiger partial charge in [0.1, 0.15) is 15.7 Å². The van der Waals surface area contributed by atoms with Crippen LogP contribution in [0.15, 0.2) is 53.1 Å². The monoisotopic (exact) mass is 373 g/mol. The van der Waals surface area contributed by atoms with Crippen molar-refractivity contribution in [2.24, 2.45) is 0 Å². The Kier molecular flexibility index (Phi) is 4.31. The molecule has 110 valence electrons. The lowest BCUT2D eigenvalue weighted by Crippen LogP contribution is -2.12. The zero-order chi connectivity index (χ0) is 15.5. The molecule has 0 saturated carbocycles. The van der Waals surface area contributed by atoms with Gasteiger partial charge in [-0.25, -0.2) is 9.97 Å². The van der Waals surface area contributed by atoms with E-state index in [0.29, 0.717) is 10.7 Å². The number of nitrogens with one attached hydrogen (secondary N) is 1. The number of aromatic nitrogens is 2. The van der Waals surface area contributed by atoms with Crippen LogP contribution < -0.4 is 5.32 Å². The molecular weight excluding hydrogens is 362 g/mol. The summed E-state index contributed by atoms with van der Waals surface area (Å²) < 4.78 is 0.867. The number of aryl methyl sites for hydroxylation is 1. The molecule has 0 radical (unpaired) electrons. The first-order valence-electron chi connectivity index (χ1n) is 6.59. The van der Waals surface area contributed by atoms with E-state index in [9.17, 15) is 4.79 Å². The van der Waals surface area contributed by atoms with Crippen molar-refractivity contribution in [3.63, 3.8) is 0 Å². The molecule has 0 aliphatic heterocycles.